The van der Waals surface area contributed by atoms with Crippen LogP contribution < -0.4 is 11.1 Å². The van der Waals surface area contributed by atoms with Gasteiger partial charge in [-0.15, -0.1) is 0 Å². The molecular weight excluding hydrogens is 398 g/mol. The number of likely N-dealkylation sites (N-methyl/N-ethyl adjacent to an activating group) is 1. The molecule has 0 aliphatic carbocycles. The largest absolute Gasteiger partial charge is 0.379 e. The fourth-order valence-electron chi connectivity index (χ4n) is 3.56. The molecule has 2 aromatic rings. The standard InChI is InChI=1S/C22H23N5O4/c1-27-9-8-22(30,21(27)29)7-5-14-3-2-4-15(11-14)20-24-12-17(18(26-20)19(23)28)25-16-6-10-31-13-16/h2-4,11-12,16,25,30H,6,8-10,13H2,1H3,(H2,23,28). The lowest BCUT2D eigenvalue weighted by Gasteiger charge is -2.14. The molecule has 2 aliphatic rings. The monoisotopic (exact) mass is 421 g/mol. The fraction of sp³-hybridized carbons (Fsp3) is 0.364. The zero-order valence-electron chi connectivity index (χ0n) is 17.1. The lowest BCUT2D eigenvalue weighted by atomic mass is 10.0. The summed E-state index contributed by atoms with van der Waals surface area (Å²) >= 11 is 0. The minimum absolute atomic E-state index is 0.0781. The number of primary amides is 1. The Bertz CT molecular complexity index is 1090. The van der Waals surface area contributed by atoms with Crippen LogP contribution in [0.4, 0.5) is 5.69 Å². The van der Waals surface area contributed by atoms with Gasteiger partial charge in [0.1, 0.15) is 0 Å². The van der Waals surface area contributed by atoms with Crippen molar-refractivity contribution in [1.82, 2.24) is 14.9 Å². The maximum Gasteiger partial charge on any atom is 0.269 e. The van der Waals surface area contributed by atoms with Crippen LogP contribution in [0.25, 0.3) is 11.4 Å². The van der Waals surface area contributed by atoms with Crippen LogP contribution in [0.5, 0.6) is 0 Å². The summed E-state index contributed by atoms with van der Waals surface area (Å²) in [5.74, 6) is 4.81. The van der Waals surface area contributed by atoms with Gasteiger partial charge in [-0.25, -0.2) is 9.97 Å². The molecule has 2 aliphatic heterocycles. The molecule has 2 amide bonds. The first-order valence-corrected chi connectivity index (χ1v) is 9.98. The Balaban J connectivity index is 1.60. The predicted molar refractivity (Wildman–Crippen MR) is 113 cm³/mol. The molecule has 0 bridgehead atoms. The first kappa shape index (κ1) is 20.8. The van der Waals surface area contributed by atoms with Gasteiger partial charge in [0.15, 0.2) is 11.5 Å². The third-order valence-corrected chi connectivity index (χ3v) is 5.36. The van der Waals surface area contributed by atoms with Gasteiger partial charge in [-0.05, 0) is 18.6 Å². The second kappa shape index (κ2) is 8.34. The number of rotatable bonds is 4. The van der Waals surface area contributed by atoms with Gasteiger partial charge in [0.2, 0.25) is 5.60 Å². The number of aromatic nitrogens is 2. The highest BCUT2D eigenvalue weighted by Gasteiger charge is 2.42. The molecule has 31 heavy (non-hydrogen) atoms. The second-order valence-corrected chi connectivity index (χ2v) is 7.69. The van der Waals surface area contributed by atoms with Gasteiger partial charge in [-0.2, -0.15) is 0 Å². The molecule has 2 atom stereocenters. The highest BCUT2D eigenvalue weighted by Crippen LogP contribution is 2.23. The van der Waals surface area contributed by atoms with Crippen molar-refractivity contribution in [2.45, 2.75) is 24.5 Å². The van der Waals surface area contributed by atoms with Crippen LogP contribution in [0.3, 0.4) is 0 Å². The lowest BCUT2D eigenvalue weighted by Crippen LogP contribution is -2.37. The minimum atomic E-state index is -1.67. The van der Waals surface area contributed by atoms with E-state index < -0.39 is 17.4 Å². The predicted octanol–water partition coefficient (Wildman–Crippen LogP) is 0.388. The molecule has 4 rings (SSSR count). The Morgan fingerprint density at radius 3 is 2.97 bits per heavy atom. The number of amides is 2. The maximum absolute atomic E-state index is 12.1. The zero-order valence-corrected chi connectivity index (χ0v) is 17.1. The van der Waals surface area contributed by atoms with E-state index in [0.717, 1.165) is 6.42 Å². The van der Waals surface area contributed by atoms with Gasteiger partial charge in [0.05, 0.1) is 24.5 Å². The number of benzene rings is 1. The molecule has 4 N–H and O–H groups in total. The fourth-order valence-corrected chi connectivity index (χ4v) is 3.56. The van der Waals surface area contributed by atoms with Crippen molar-refractivity contribution in [3.8, 4) is 23.2 Å². The van der Waals surface area contributed by atoms with Crippen LogP contribution in [-0.2, 0) is 9.53 Å². The van der Waals surface area contributed by atoms with Gasteiger partial charge in [0.25, 0.3) is 11.8 Å². The van der Waals surface area contributed by atoms with Crippen LogP contribution >= 0.6 is 0 Å². The molecule has 0 radical (unpaired) electrons. The molecule has 160 valence electrons. The van der Waals surface area contributed by atoms with Gasteiger partial charge >= 0.3 is 0 Å². The van der Waals surface area contributed by atoms with E-state index in [1.54, 1.807) is 31.3 Å². The molecule has 0 spiro atoms. The van der Waals surface area contributed by atoms with E-state index in [0.29, 0.717) is 42.4 Å². The van der Waals surface area contributed by atoms with Crippen molar-refractivity contribution < 1.29 is 19.4 Å². The molecule has 9 nitrogen and oxygen atoms in total. The summed E-state index contributed by atoms with van der Waals surface area (Å²) in [6, 6.07) is 7.12. The van der Waals surface area contributed by atoms with Crippen LogP contribution in [0.2, 0.25) is 0 Å². The van der Waals surface area contributed by atoms with E-state index in [1.165, 1.54) is 11.1 Å². The Morgan fingerprint density at radius 1 is 1.45 bits per heavy atom. The topological polar surface area (TPSA) is 131 Å². The van der Waals surface area contributed by atoms with Crippen LogP contribution in [0.15, 0.2) is 30.5 Å². The second-order valence-electron chi connectivity index (χ2n) is 7.69. The molecule has 2 fully saturated rings. The highest BCUT2D eigenvalue weighted by atomic mass is 16.5. The number of hydrogen-bond acceptors (Lipinski definition) is 7. The zero-order chi connectivity index (χ0) is 22.0. The molecular formula is C22H23N5O4. The third-order valence-electron chi connectivity index (χ3n) is 5.36. The Kier molecular flexibility index (Phi) is 5.59. The average Bonchev–Trinajstić information content (AvgIpc) is 3.37. The summed E-state index contributed by atoms with van der Waals surface area (Å²) in [4.78, 5) is 34.2. The van der Waals surface area contributed by atoms with Gasteiger partial charge in [-0.1, -0.05) is 24.0 Å². The maximum atomic E-state index is 12.1. The highest BCUT2D eigenvalue weighted by molar-refractivity contribution is 5.96. The van der Waals surface area contributed by atoms with Crippen molar-refractivity contribution in [2.75, 3.05) is 32.1 Å². The normalized spacial score (nSPS) is 22.8. The summed E-state index contributed by atoms with van der Waals surface area (Å²) in [6.45, 7) is 1.67. The van der Waals surface area contributed by atoms with E-state index in [2.05, 4.69) is 27.1 Å². The van der Waals surface area contributed by atoms with Gasteiger partial charge in [-0.3, -0.25) is 9.59 Å². The van der Waals surface area contributed by atoms with Crippen LogP contribution in [-0.4, -0.2) is 70.2 Å². The van der Waals surface area contributed by atoms with Crippen LogP contribution in [0, 0.1) is 11.8 Å². The van der Waals surface area contributed by atoms with E-state index >= 15 is 0 Å². The molecule has 1 aromatic heterocycles. The first-order chi connectivity index (χ1) is 14.9. The number of nitrogens with one attached hydrogen (secondary N) is 1. The van der Waals surface area contributed by atoms with Crippen molar-refractivity contribution >= 4 is 17.5 Å². The molecule has 1 aromatic carbocycles. The summed E-state index contributed by atoms with van der Waals surface area (Å²) < 4.78 is 5.34. The number of aliphatic hydroxyl groups is 1. The molecule has 2 unspecified atom stereocenters. The smallest absolute Gasteiger partial charge is 0.269 e. The summed E-state index contributed by atoms with van der Waals surface area (Å²) in [5, 5.41) is 13.7. The van der Waals surface area contributed by atoms with E-state index in [1.807, 2.05) is 0 Å². The minimum Gasteiger partial charge on any atom is -0.379 e. The van der Waals surface area contributed by atoms with Crippen molar-refractivity contribution in [3.63, 3.8) is 0 Å². The first-order valence-electron chi connectivity index (χ1n) is 9.98. The number of hydrogen-bond donors (Lipinski definition) is 3. The Hall–Kier alpha value is -3.48. The third kappa shape index (κ3) is 4.35. The van der Waals surface area contributed by atoms with E-state index in [9.17, 15) is 14.7 Å². The van der Waals surface area contributed by atoms with Crippen LogP contribution in [0.1, 0.15) is 28.9 Å². The molecule has 3 heterocycles. The van der Waals surface area contributed by atoms with Crippen molar-refractivity contribution in [3.05, 3.63) is 41.7 Å². The number of nitrogens with two attached hydrogens (primary N) is 1. The Labute approximate surface area is 179 Å². The lowest BCUT2D eigenvalue weighted by molar-refractivity contribution is -0.137. The number of carbonyl (C=O) groups excluding carboxylic acids is 2. The summed E-state index contributed by atoms with van der Waals surface area (Å²) in [6.07, 6.45) is 2.63. The van der Waals surface area contributed by atoms with Gasteiger partial charge < -0.3 is 25.8 Å². The van der Waals surface area contributed by atoms with E-state index in [-0.39, 0.29) is 18.2 Å². The summed E-state index contributed by atoms with van der Waals surface area (Å²) in [5.41, 5.74) is 5.65. The number of likely N-dealkylation sites (tertiary alicyclic amines) is 1. The van der Waals surface area contributed by atoms with E-state index in [4.69, 9.17) is 10.5 Å². The molecule has 0 saturated carbocycles. The number of carbonyl (C=O) groups is 2. The molecule has 2 saturated heterocycles. The number of anilines is 1. The average molecular weight is 421 g/mol. The van der Waals surface area contributed by atoms with Crippen molar-refractivity contribution in [2.24, 2.45) is 5.73 Å². The number of ether oxygens (including phenoxy) is 1. The van der Waals surface area contributed by atoms with Crippen molar-refractivity contribution in [1.29, 1.82) is 0 Å². The van der Waals surface area contributed by atoms with Gasteiger partial charge in [0, 0.05) is 37.7 Å². The number of nitrogens with zero attached hydrogens (tertiary/aromatic N) is 3. The molecule has 9 heteroatoms. The Morgan fingerprint density at radius 2 is 2.29 bits per heavy atom. The summed E-state index contributed by atoms with van der Waals surface area (Å²) in [7, 11) is 1.63. The SMILES string of the molecule is CN1CCC(O)(C#Cc2cccc(-c3ncc(NC4CCOC4)c(C(N)=O)n3)c2)C1=O. The quantitative estimate of drug-likeness (QED) is 0.609.